The number of anilines is 2. The van der Waals surface area contributed by atoms with Gasteiger partial charge in [-0.3, -0.25) is 4.79 Å². The summed E-state index contributed by atoms with van der Waals surface area (Å²) >= 11 is 1.36. The number of nitrogen functional groups attached to an aromatic ring is 1. The minimum atomic E-state index is -0.187. The van der Waals surface area contributed by atoms with E-state index in [0.29, 0.717) is 22.9 Å². The van der Waals surface area contributed by atoms with Crippen LogP contribution in [0.15, 0.2) is 0 Å². The summed E-state index contributed by atoms with van der Waals surface area (Å²) in [6.07, 6.45) is 0.158. The predicted molar refractivity (Wildman–Crippen MR) is 76.3 cm³/mol. The maximum atomic E-state index is 11.8. The molecule has 0 spiro atoms. The van der Waals surface area contributed by atoms with Crippen LogP contribution in [0.1, 0.15) is 16.6 Å². The third kappa shape index (κ3) is 2.62. The van der Waals surface area contributed by atoms with E-state index in [9.17, 15) is 4.79 Å². The topological polar surface area (TPSA) is 76.8 Å². The molecule has 1 aliphatic rings. The molecule has 19 heavy (non-hydrogen) atoms. The van der Waals surface area contributed by atoms with E-state index >= 15 is 0 Å². The monoisotopic (exact) mass is 285 g/mol. The predicted octanol–water partition coefficient (Wildman–Crippen LogP) is 0.924. The van der Waals surface area contributed by atoms with Crippen molar-refractivity contribution in [2.45, 2.75) is 13.0 Å². The Morgan fingerprint density at radius 3 is 2.95 bits per heavy atom. The molecule has 3 N–H and O–H groups in total. The number of carbonyl (C=O) groups excluding carboxylic acids is 1. The van der Waals surface area contributed by atoms with Gasteiger partial charge in [0.15, 0.2) is 5.75 Å². The Morgan fingerprint density at radius 2 is 2.37 bits per heavy atom. The lowest BCUT2D eigenvalue weighted by atomic mass is 10.3. The van der Waals surface area contributed by atoms with Crippen LogP contribution in [0.25, 0.3) is 0 Å². The van der Waals surface area contributed by atoms with Gasteiger partial charge in [0.05, 0.1) is 19.8 Å². The second-order valence-corrected chi connectivity index (χ2v) is 5.39. The molecule has 0 bridgehead atoms. The van der Waals surface area contributed by atoms with Crippen LogP contribution in [-0.4, -0.2) is 45.9 Å². The molecule has 1 unspecified atom stereocenters. The second-order valence-electron chi connectivity index (χ2n) is 4.39. The highest BCUT2D eigenvalue weighted by Gasteiger charge is 2.27. The van der Waals surface area contributed by atoms with Crippen molar-refractivity contribution in [3.63, 3.8) is 0 Å². The van der Waals surface area contributed by atoms with Gasteiger partial charge >= 0.3 is 0 Å². The molecule has 6 nitrogen and oxygen atoms in total. The minimum absolute atomic E-state index is 0.158. The number of rotatable bonds is 3. The van der Waals surface area contributed by atoms with Crippen LogP contribution in [0, 0.1) is 0 Å². The average Bonchev–Trinajstić information content (AvgIpc) is 2.75. The van der Waals surface area contributed by atoms with Gasteiger partial charge in [-0.05, 0) is 6.92 Å². The van der Waals surface area contributed by atoms with E-state index in [4.69, 9.17) is 15.2 Å². The summed E-state index contributed by atoms with van der Waals surface area (Å²) in [6.45, 7) is 4.23. The van der Waals surface area contributed by atoms with Gasteiger partial charge in [-0.15, -0.1) is 11.3 Å². The maximum Gasteiger partial charge on any atom is 0.263 e. The van der Waals surface area contributed by atoms with Gasteiger partial charge in [-0.1, -0.05) is 0 Å². The van der Waals surface area contributed by atoms with Gasteiger partial charge < -0.3 is 25.4 Å². The van der Waals surface area contributed by atoms with Crippen molar-refractivity contribution in [3.8, 4) is 5.75 Å². The fourth-order valence-electron chi connectivity index (χ4n) is 2.11. The average molecular weight is 285 g/mol. The summed E-state index contributed by atoms with van der Waals surface area (Å²) in [7, 11) is 3.16. The zero-order valence-electron chi connectivity index (χ0n) is 11.4. The van der Waals surface area contributed by atoms with Gasteiger partial charge in [-0.2, -0.15) is 0 Å². The Kier molecular flexibility index (Phi) is 4.16. The number of amides is 1. The third-order valence-corrected chi connectivity index (χ3v) is 4.29. The molecule has 1 aliphatic heterocycles. The molecule has 0 aliphatic carbocycles. The number of nitrogens with one attached hydrogen (secondary N) is 1. The number of ether oxygens (including phenoxy) is 2. The van der Waals surface area contributed by atoms with Crippen LogP contribution in [0.5, 0.6) is 5.75 Å². The first kappa shape index (κ1) is 14.0. The molecule has 1 fully saturated rings. The van der Waals surface area contributed by atoms with Crippen LogP contribution in [-0.2, 0) is 4.74 Å². The summed E-state index contributed by atoms with van der Waals surface area (Å²) in [5, 5.41) is 3.49. The summed E-state index contributed by atoms with van der Waals surface area (Å²) in [5.41, 5.74) is 6.40. The second kappa shape index (κ2) is 5.66. The number of nitrogens with zero attached hydrogens (tertiary/aromatic N) is 1. The molecule has 1 aromatic rings. The Bertz CT molecular complexity index is 475. The van der Waals surface area contributed by atoms with Crippen LogP contribution in [0.4, 0.5) is 10.7 Å². The highest BCUT2D eigenvalue weighted by molar-refractivity contribution is 7.19. The molecule has 0 aromatic carbocycles. The van der Waals surface area contributed by atoms with Crippen LogP contribution >= 0.6 is 11.3 Å². The lowest BCUT2D eigenvalue weighted by Gasteiger charge is -2.32. The fraction of sp³-hybridized carbons (Fsp3) is 0.583. The lowest BCUT2D eigenvalue weighted by molar-refractivity contribution is 0.0533. The van der Waals surface area contributed by atoms with Gasteiger partial charge in [-0.25, -0.2) is 0 Å². The number of hydrogen-bond acceptors (Lipinski definition) is 6. The number of methoxy groups -OCH3 is 1. The number of thiophene rings is 1. The highest BCUT2D eigenvalue weighted by Crippen LogP contribution is 2.45. The molecule has 0 radical (unpaired) electrons. The molecule has 1 amide bonds. The van der Waals surface area contributed by atoms with Crippen LogP contribution in [0.3, 0.4) is 0 Å². The van der Waals surface area contributed by atoms with Crippen molar-refractivity contribution >= 4 is 27.9 Å². The van der Waals surface area contributed by atoms with Crippen LogP contribution < -0.4 is 20.7 Å². The van der Waals surface area contributed by atoms with Gasteiger partial charge in [0.25, 0.3) is 5.91 Å². The first-order valence-electron chi connectivity index (χ1n) is 6.13. The minimum Gasteiger partial charge on any atom is -0.492 e. The lowest BCUT2D eigenvalue weighted by Crippen LogP contribution is -2.40. The molecule has 1 aromatic heterocycles. The van der Waals surface area contributed by atoms with E-state index < -0.39 is 0 Å². The van der Waals surface area contributed by atoms with Gasteiger partial charge in [0.1, 0.15) is 15.6 Å². The molecule has 1 saturated heterocycles. The van der Waals surface area contributed by atoms with Gasteiger partial charge in [0, 0.05) is 20.1 Å². The van der Waals surface area contributed by atoms with E-state index in [-0.39, 0.29) is 12.0 Å². The molecule has 2 heterocycles. The zero-order valence-corrected chi connectivity index (χ0v) is 12.2. The number of nitrogens with two attached hydrogens (primary N) is 1. The van der Waals surface area contributed by atoms with Crippen molar-refractivity contribution in [1.82, 2.24) is 5.32 Å². The molecular formula is C12H19N3O3S. The molecule has 7 heteroatoms. The van der Waals surface area contributed by atoms with Crippen LogP contribution in [0.2, 0.25) is 0 Å². The number of carbonyl (C=O) groups is 1. The van der Waals surface area contributed by atoms with E-state index in [0.717, 1.165) is 18.1 Å². The number of morpholine rings is 1. The van der Waals surface area contributed by atoms with Crippen molar-refractivity contribution < 1.29 is 14.3 Å². The van der Waals surface area contributed by atoms with Gasteiger partial charge in [0.2, 0.25) is 0 Å². The summed E-state index contributed by atoms with van der Waals surface area (Å²) < 4.78 is 10.9. The SMILES string of the molecule is CNC(=O)c1sc(N2CCOC(C)C2)c(OC)c1N. The van der Waals surface area contributed by atoms with Crippen molar-refractivity contribution in [1.29, 1.82) is 0 Å². The van der Waals surface area contributed by atoms with Crippen molar-refractivity contribution in [2.24, 2.45) is 0 Å². The Labute approximate surface area is 116 Å². The maximum absolute atomic E-state index is 11.8. The van der Waals surface area contributed by atoms with Crippen molar-refractivity contribution in [2.75, 3.05) is 44.5 Å². The first-order chi connectivity index (χ1) is 9.08. The zero-order chi connectivity index (χ0) is 14.0. The first-order valence-corrected chi connectivity index (χ1v) is 6.95. The molecule has 2 rings (SSSR count). The van der Waals surface area contributed by atoms with E-state index in [1.807, 2.05) is 6.92 Å². The number of hydrogen-bond donors (Lipinski definition) is 2. The summed E-state index contributed by atoms with van der Waals surface area (Å²) in [6, 6.07) is 0. The molecule has 106 valence electrons. The normalized spacial score (nSPS) is 19.3. The largest absolute Gasteiger partial charge is 0.492 e. The van der Waals surface area contributed by atoms with E-state index in [1.165, 1.54) is 11.3 Å². The van der Waals surface area contributed by atoms with E-state index in [2.05, 4.69) is 10.2 Å². The summed E-state index contributed by atoms with van der Waals surface area (Å²) in [4.78, 5) is 14.4. The fourth-order valence-corrected chi connectivity index (χ4v) is 3.28. The summed E-state index contributed by atoms with van der Waals surface area (Å²) in [5.74, 6) is 0.394. The Hall–Kier alpha value is -1.47. The Morgan fingerprint density at radius 1 is 1.63 bits per heavy atom. The molecule has 0 saturated carbocycles. The quantitative estimate of drug-likeness (QED) is 0.863. The Balaban J connectivity index is 2.36. The van der Waals surface area contributed by atoms with Crippen molar-refractivity contribution in [3.05, 3.63) is 4.88 Å². The third-order valence-electron chi connectivity index (χ3n) is 3.05. The molecular weight excluding hydrogens is 266 g/mol. The smallest absolute Gasteiger partial charge is 0.263 e. The standard InChI is InChI=1S/C12H19N3O3S/c1-7-6-15(4-5-18-7)12-9(17-3)8(13)10(19-12)11(16)14-2/h7H,4-6,13H2,1-3H3,(H,14,16). The molecule has 1 atom stereocenters. The highest BCUT2D eigenvalue weighted by atomic mass is 32.1. The van der Waals surface area contributed by atoms with E-state index in [1.54, 1.807) is 14.2 Å².